The number of hydrogen-bond acceptors (Lipinski definition) is 8. The normalized spacial score (nSPS) is 13.2. The van der Waals surface area contributed by atoms with Crippen LogP contribution < -0.4 is 33.2 Å². The largest absolute Gasteiger partial charge is 0.481 e. The minimum Gasteiger partial charge on any atom is -0.481 e. The van der Waals surface area contributed by atoms with Gasteiger partial charge in [0, 0.05) is 18.7 Å². The van der Waals surface area contributed by atoms with Crippen molar-refractivity contribution in [2.45, 2.75) is 43.8 Å². The lowest BCUT2D eigenvalue weighted by Gasteiger charge is -2.23. The lowest BCUT2D eigenvalue weighted by atomic mass is 10.1. The van der Waals surface area contributed by atoms with Crippen molar-refractivity contribution in [3.8, 4) is 0 Å². The lowest BCUT2D eigenvalue weighted by molar-refractivity contribution is -0.138. The third kappa shape index (κ3) is 13.0. The van der Waals surface area contributed by atoms with E-state index in [2.05, 4.69) is 33.6 Å². The van der Waals surface area contributed by atoms with Crippen LogP contribution in [-0.2, 0) is 24.0 Å². The molecule has 0 aliphatic heterocycles. The first kappa shape index (κ1) is 27.9. The minimum atomic E-state index is -1.29. The summed E-state index contributed by atoms with van der Waals surface area (Å²) in [4.78, 5) is 62.3. The van der Waals surface area contributed by atoms with Gasteiger partial charge in [-0.2, -0.15) is 12.6 Å². The van der Waals surface area contributed by atoms with Crippen LogP contribution in [0.3, 0.4) is 0 Å². The van der Waals surface area contributed by atoms with Crippen LogP contribution in [0.25, 0.3) is 0 Å². The van der Waals surface area contributed by atoms with Gasteiger partial charge in [-0.15, -0.1) is 0 Å². The molecule has 3 atom stereocenters. The monoisotopic (exact) mass is 463 g/mol. The van der Waals surface area contributed by atoms with E-state index in [0.717, 1.165) is 0 Å². The SMILES string of the molecule is NC(N)=NCCCC(NC(=O)C(CCC(=O)O)NC(=O)C(N)CS)C(=O)NCC(=O)O. The number of nitrogens with two attached hydrogens (primary N) is 3. The maximum Gasteiger partial charge on any atom is 0.322 e. The quantitative estimate of drug-likeness (QED) is 0.0497. The molecule has 0 rings (SSSR count). The Bertz CT molecular complexity index is 685. The standard InChI is InChI=1S/C16H29N7O7S/c17-8(7-31)13(28)22-10(3-4-11(24)25)15(30)23-9(2-1-5-20-16(18)19)14(29)21-6-12(26)27/h8-10,31H,1-7,17H2,(H,21,29)(H,22,28)(H,23,30)(H,24,25)(H,26,27)(H4,18,19,20). The maximum absolute atomic E-state index is 12.7. The summed E-state index contributed by atoms with van der Waals surface area (Å²) in [5, 5.41) is 24.5. The molecule has 0 saturated carbocycles. The molecule has 3 unspecified atom stereocenters. The second-order valence-electron chi connectivity index (χ2n) is 6.40. The highest BCUT2D eigenvalue weighted by Gasteiger charge is 2.28. The zero-order valence-electron chi connectivity index (χ0n) is 16.7. The van der Waals surface area contributed by atoms with Gasteiger partial charge in [0.1, 0.15) is 18.6 Å². The van der Waals surface area contributed by atoms with Gasteiger partial charge in [-0.25, -0.2) is 0 Å². The van der Waals surface area contributed by atoms with Crippen molar-refractivity contribution in [3.05, 3.63) is 0 Å². The van der Waals surface area contributed by atoms with Gasteiger partial charge in [-0.3, -0.25) is 29.0 Å². The molecule has 0 aromatic rings. The molecular weight excluding hydrogens is 434 g/mol. The number of nitrogens with one attached hydrogen (secondary N) is 3. The van der Waals surface area contributed by atoms with E-state index in [-0.39, 0.29) is 37.5 Å². The summed E-state index contributed by atoms with van der Waals surface area (Å²) < 4.78 is 0. The first-order chi connectivity index (χ1) is 14.5. The average Bonchev–Trinajstić information content (AvgIpc) is 2.69. The smallest absolute Gasteiger partial charge is 0.322 e. The molecule has 0 saturated heterocycles. The highest BCUT2D eigenvalue weighted by Crippen LogP contribution is 2.04. The van der Waals surface area contributed by atoms with E-state index < -0.39 is 60.8 Å². The Hall–Kier alpha value is -3.07. The van der Waals surface area contributed by atoms with Crippen LogP contribution in [0.1, 0.15) is 25.7 Å². The van der Waals surface area contributed by atoms with Crippen LogP contribution in [0, 0.1) is 0 Å². The predicted molar refractivity (Wildman–Crippen MR) is 113 cm³/mol. The van der Waals surface area contributed by atoms with Crippen LogP contribution in [0.2, 0.25) is 0 Å². The van der Waals surface area contributed by atoms with E-state index in [1.165, 1.54) is 0 Å². The van der Waals surface area contributed by atoms with Gasteiger partial charge in [-0.05, 0) is 19.3 Å². The van der Waals surface area contributed by atoms with E-state index >= 15 is 0 Å². The van der Waals surface area contributed by atoms with Crippen molar-refractivity contribution >= 4 is 48.2 Å². The molecule has 0 bridgehead atoms. The molecular formula is C16H29N7O7S. The molecule has 0 aromatic heterocycles. The molecule has 15 heteroatoms. The summed E-state index contributed by atoms with van der Waals surface area (Å²) in [7, 11) is 0. The van der Waals surface area contributed by atoms with Crippen molar-refractivity contribution in [1.29, 1.82) is 0 Å². The summed E-state index contributed by atoms with van der Waals surface area (Å²) in [6, 6.07) is -3.50. The molecule has 3 amide bonds. The number of aliphatic carboxylic acids is 2. The number of aliphatic imine (C=N–C) groups is 1. The Kier molecular flexibility index (Phi) is 13.4. The van der Waals surface area contributed by atoms with Crippen molar-refractivity contribution in [1.82, 2.24) is 16.0 Å². The van der Waals surface area contributed by atoms with E-state index in [4.69, 9.17) is 27.4 Å². The lowest BCUT2D eigenvalue weighted by Crippen LogP contribution is -2.56. The Labute approximate surface area is 183 Å². The van der Waals surface area contributed by atoms with Crippen molar-refractivity contribution in [2.24, 2.45) is 22.2 Å². The van der Waals surface area contributed by atoms with Crippen LogP contribution >= 0.6 is 12.6 Å². The highest BCUT2D eigenvalue weighted by molar-refractivity contribution is 7.80. The number of carboxylic acids is 2. The van der Waals surface area contributed by atoms with E-state index in [0.29, 0.717) is 0 Å². The third-order valence-electron chi connectivity index (χ3n) is 3.81. The van der Waals surface area contributed by atoms with Crippen LogP contribution in [-0.4, -0.2) is 82.8 Å². The fraction of sp³-hybridized carbons (Fsp3) is 0.625. The molecule has 0 fully saturated rings. The van der Waals surface area contributed by atoms with Crippen LogP contribution in [0.15, 0.2) is 4.99 Å². The number of carboxylic acid groups (broad SMARTS) is 2. The first-order valence-corrected chi connectivity index (χ1v) is 9.85. The summed E-state index contributed by atoms with van der Waals surface area (Å²) in [5.74, 6) is -4.99. The van der Waals surface area contributed by atoms with Crippen LogP contribution in [0.4, 0.5) is 0 Å². The summed E-state index contributed by atoms with van der Waals surface area (Å²) in [5.41, 5.74) is 16.0. The van der Waals surface area contributed by atoms with Crippen molar-refractivity contribution in [2.75, 3.05) is 18.8 Å². The van der Waals surface area contributed by atoms with Gasteiger partial charge in [-0.1, -0.05) is 0 Å². The second kappa shape index (κ2) is 14.8. The van der Waals surface area contributed by atoms with Crippen LogP contribution in [0.5, 0.6) is 0 Å². The molecule has 176 valence electrons. The molecule has 0 aliphatic rings. The highest BCUT2D eigenvalue weighted by atomic mass is 32.1. The molecule has 0 spiro atoms. The molecule has 0 aromatic carbocycles. The number of amides is 3. The number of thiol groups is 1. The van der Waals surface area contributed by atoms with Gasteiger partial charge >= 0.3 is 11.9 Å². The minimum absolute atomic E-state index is 0.00981. The third-order valence-corrected chi connectivity index (χ3v) is 4.20. The van der Waals surface area contributed by atoms with Gasteiger partial charge in [0.25, 0.3) is 0 Å². The number of nitrogens with zero attached hydrogens (tertiary/aromatic N) is 1. The summed E-state index contributed by atoms with van der Waals surface area (Å²) in [6.07, 6.45) is -0.387. The summed E-state index contributed by atoms with van der Waals surface area (Å²) in [6.45, 7) is -0.522. The molecule has 11 N–H and O–H groups in total. The second-order valence-corrected chi connectivity index (χ2v) is 6.77. The molecule has 0 aliphatic carbocycles. The van der Waals surface area contributed by atoms with Gasteiger partial charge in [0.05, 0.1) is 6.04 Å². The number of guanidine groups is 1. The molecule has 14 nitrogen and oxygen atoms in total. The Morgan fingerprint density at radius 3 is 2.00 bits per heavy atom. The predicted octanol–water partition coefficient (Wildman–Crippen LogP) is -3.67. The van der Waals surface area contributed by atoms with Crippen molar-refractivity contribution < 1.29 is 34.2 Å². The molecule has 0 radical (unpaired) electrons. The topological polar surface area (TPSA) is 252 Å². The molecule has 0 heterocycles. The number of carbonyl (C=O) groups excluding carboxylic acids is 3. The van der Waals surface area contributed by atoms with Gasteiger partial charge in [0.2, 0.25) is 17.7 Å². The maximum atomic E-state index is 12.7. The van der Waals surface area contributed by atoms with Gasteiger partial charge in [0.15, 0.2) is 5.96 Å². The zero-order valence-corrected chi connectivity index (χ0v) is 17.6. The Morgan fingerprint density at radius 1 is 0.903 bits per heavy atom. The first-order valence-electron chi connectivity index (χ1n) is 9.21. The average molecular weight is 464 g/mol. The van der Waals surface area contributed by atoms with Crippen molar-refractivity contribution in [3.63, 3.8) is 0 Å². The Morgan fingerprint density at radius 2 is 1.48 bits per heavy atom. The molecule has 31 heavy (non-hydrogen) atoms. The fourth-order valence-electron chi connectivity index (χ4n) is 2.23. The number of hydrogen-bond donors (Lipinski definition) is 9. The van der Waals surface area contributed by atoms with E-state index in [9.17, 15) is 24.0 Å². The fourth-order valence-corrected chi connectivity index (χ4v) is 2.39. The number of rotatable bonds is 15. The summed E-state index contributed by atoms with van der Waals surface area (Å²) >= 11 is 3.89. The Balaban J connectivity index is 5.31. The van der Waals surface area contributed by atoms with E-state index in [1.807, 2.05) is 0 Å². The zero-order chi connectivity index (χ0) is 24.0. The number of carbonyl (C=O) groups is 5. The van der Waals surface area contributed by atoms with E-state index in [1.54, 1.807) is 0 Å². The van der Waals surface area contributed by atoms with Gasteiger partial charge < -0.3 is 43.4 Å².